The number of aromatic nitrogens is 4. The Bertz CT molecular complexity index is 727. The summed E-state index contributed by atoms with van der Waals surface area (Å²) in [6.45, 7) is 0. The minimum Gasteiger partial charge on any atom is -0.477 e. The van der Waals surface area contributed by atoms with Gasteiger partial charge in [-0.3, -0.25) is 0 Å². The van der Waals surface area contributed by atoms with Crippen LogP contribution in [0.15, 0.2) is 30.0 Å². The maximum atomic E-state index is 13.3. The van der Waals surface area contributed by atoms with Gasteiger partial charge in [-0.15, -0.1) is 0 Å². The standard InChI is InChI=1S/C11H7F2N5O2/c12-6-2-1-5(3-7(6)13)9-4-8(10(19)20)14-11-15-16-17-18(9)11/h1-4,9H,(H,19,20)(H,14,15,17). The van der Waals surface area contributed by atoms with Crippen LogP contribution in [0, 0.1) is 11.6 Å². The van der Waals surface area contributed by atoms with Gasteiger partial charge in [-0.2, -0.15) is 4.68 Å². The van der Waals surface area contributed by atoms with Crippen molar-refractivity contribution < 1.29 is 18.7 Å². The number of fused-ring (bicyclic) bond motifs is 1. The van der Waals surface area contributed by atoms with Crippen molar-refractivity contribution in [2.24, 2.45) is 0 Å². The average Bonchev–Trinajstić information content (AvgIpc) is 2.89. The molecule has 1 aliphatic rings. The van der Waals surface area contributed by atoms with Crippen molar-refractivity contribution in [2.75, 3.05) is 5.32 Å². The number of hydrogen-bond donors (Lipinski definition) is 2. The molecule has 0 spiro atoms. The molecule has 0 aliphatic carbocycles. The van der Waals surface area contributed by atoms with E-state index in [2.05, 4.69) is 20.8 Å². The van der Waals surface area contributed by atoms with Crippen LogP contribution in [0.3, 0.4) is 0 Å². The summed E-state index contributed by atoms with van der Waals surface area (Å²) in [5.41, 5.74) is 0.194. The molecule has 1 atom stereocenters. The fourth-order valence-corrected chi connectivity index (χ4v) is 1.91. The van der Waals surface area contributed by atoms with Gasteiger partial charge in [0.15, 0.2) is 11.6 Å². The van der Waals surface area contributed by atoms with Gasteiger partial charge in [0.1, 0.15) is 11.7 Å². The predicted molar refractivity (Wildman–Crippen MR) is 61.7 cm³/mol. The van der Waals surface area contributed by atoms with Crippen molar-refractivity contribution in [2.45, 2.75) is 6.04 Å². The van der Waals surface area contributed by atoms with E-state index in [0.29, 0.717) is 5.56 Å². The molecular formula is C11H7F2N5O2. The number of anilines is 1. The molecular weight excluding hydrogens is 272 g/mol. The zero-order valence-corrected chi connectivity index (χ0v) is 9.79. The van der Waals surface area contributed by atoms with Gasteiger partial charge in [0.25, 0.3) is 0 Å². The first-order valence-electron chi connectivity index (χ1n) is 5.51. The van der Waals surface area contributed by atoms with E-state index in [9.17, 15) is 13.6 Å². The summed E-state index contributed by atoms with van der Waals surface area (Å²) in [7, 11) is 0. The summed E-state index contributed by atoms with van der Waals surface area (Å²) in [5, 5.41) is 22.3. The van der Waals surface area contributed by atoms with Crippen LogP contribution in [0.2, 0.25) is 0 Å². The summed E-state index contributed by atoms with van der Waals surface area (Å²) in [6.07, 6.45) is 1.32. The van der Waals surface area contributed by atoms with E-state index in [-0.39, 0.29) is 11.6 Å². The van der Waals surface area contributed by atoms with E-state index in [4.69, 9.17) is 5.11 Å². The van der Waals surface area contributed by atoms with Crippen molar-refractivity contribution in [3.63, 3.8) is 0 Å². The van der Waals surface area contributed by atoms with E-state index in [1.165, 1.54) is 16.8 Å². The Hall–Kier alpha value is -2.84. The highest BCUT2D eigenvalue weighted by Gasteiger charge is 2.26. The average molecular weight is 279 g/mol. The molecule has 0 fully saturated rings. The molecule has 0 bridgehead atoms. The van der Waals surface area contributed by atoms with Crippen LogP contribution in [0.1, 0.15) is 11.6 Å². The molecule has 1 unspecified atom stereocenters. The molecule has 3 rings (SSSR count). The van der Waals surface area contributed by atoms with Gasteiger partial charge in [-0.1, -0.05) is 11.2 Å². The zero-order valence-electron chi connectivity index (χ0n) is 9.79. The molecule has 0 amide bonds. The van der Waals surface area contributed by atoms with E-state index < -0.39 is 23.6 Å². The first-order valence-corrected chi connectivity index (χ1v) is 5.51. The summed E-state index contributed by atoms with van der Waals surface area (Å²) < 4.78 is 27.5. The number of benzene rings is 1. The van der Waals surface area contributed by atoms with Crippen molar-refractivity contribution in [1.29, 1.82) is 0 Å². The van der Waals surface area contributed by atoms with Crippen molar-refractivity contribution in [3.05, 3.63) is 47.2 Å². The third kappa shape index (κ3) is 1.88. The number of allylic oxidation sites excluding steroid dienone is 1. The molecule has 2 aromatic rings. The SMILES string of the molecule is O=C(O)C1=CC(c2ccc(F)c(F)c2)n2nnnc2N1. The molecule has 2 heterocycles. The molecule has 2 N–H and O–H groups in total. The predicted octanol–water partition coefficient (Wildman–Crippen LogP) is 0.935. The van der Waals surface area contributed by atoms with E-state index in [1.807, 2.05) is 0 Å². The zero-order chi connectivity index (χ0) is 14.3. The smallest absolute Gasteiger partial charge is 0.352 e. The van der Waals surface area contributed by atoms with Crippen LogP contribution < -0.4 is 5.32 Å². The number of carboxylic acid groups (broad SMARTS) is 1. The Labute approximate surface area is 110 Å². The fourth-order valence-electron chi connectivity index (χ4n) is 1.91. The lowest BCUT2D eigenvalue weighted by Crippen LogP contribution is -2.24. The first kappa shape index (κ1) is 12.2. The second kappa shape index (κ2) is 4.37. The van der Waals surface area contributed by atoms with E-state index in [0.717, 1.165) is 12.1 Å². The highest BCUT2D eigenvalue weighted by atomic mass is 19.2. The normalized spacial score (nSPS) is 17.1. The van der Waals surface area contributed by atoms with Gasteiger partial charge in [0.05, 0.1) is 0 Å². The molecule has 102 valence electrons. The second-order valence-electron chi connectivity index (χ2n) is 4.08. The molecule has 0 saturated heterocycles. The minimum absolute atomic E-state index is 0.111. The van der Waals surface area contributed by atoms with Gasteiger partial charge in [-0.25, -0.2) is 13.6 Å². The molecule has 9 heteroatoms. The first-order chi connectivity index (χ1) is 9.56. The third-order valence-corrected chi connectivity index (χ3v) is 2.84. The molecule has 7 nitrogen and oxygen atoms in total. The molecule has 1 aliphatic heterocycles. The highest BCUT2D eigenvalue weighted by Crippen LogP contribution is 2.28. The summed E-state index contributed by atoms with van der Waals surface area (Å²) in [5.74, 6) is -3.10. The van der Waals surface area contributed by atoms with Gasteiger partial charge in [0.2, 0.25) is 5.95 Å². The van der Waals surface area contributed by atoms with Gasteiger partial charge in [-0.05, 0) is 34.2 Å². The van der Waals surface area contributed by atoms with Crippen LogP contribution in [0.5, 0.6) is 0 Å². The minimum atomic E-state index is -1.20. The van der Waals surface area contributed by atoms with Gasteiger partial charge < -0.3 is 10.4 Å². The Kier molecular flexibility index (Phi) is 2.67. The van der Waals surface area contributed by atoms with Crippen LogP contribution >= 0.6 is 0 Å². The number of hydrogen-bond acceptors (Lipinski definition) is 5. The van der Waals surface area contributed by atoms with Gasteiger partial charge in [0, 0.05) is 0 Å². The monoisotopic (exact) mass is 279 g/mol. The van der Waals surface area contributed by atoms with E-state index >= 15 is 0 Å². The van der Waals surface area contributed by atoms with Crippen LogP contribution in [0.25, 0.3) is 0 Å². The number of aliphatic carboxylic acids is 1. The quantitative estimate of drug-likeness (QED) is 0.849. The number of rotatable bonds is 2. The van der Waals surface area contributed by atoms with Crippen LogP contribution in [-0.4, -0.2) is 31.3 Å². The van der Waals surface area contributed by atoms with Crippen molar-refractivity contribution >= 4 is 11.9 Å². The lowest BCUT2D eigenvalue weighted by Gasteiger charge is -2.21. The molecule has 20 heavy (non-hydrogen) atoms. The van der Waals surface area contributed by atoms with Gasteiger partial charge >= 0.3 is 5.97 Å². The molecule has 1 aromatic heterocycles. The third-order valence-electron chi connectivity index (χ3n) is 2.84. The summed E-state index contributed by atoms with van der Waals surface area (Å²) in [6, 6.07) is 2.55. The molecule has 0 radical (unpaired) electrons. The molecule has 1 aromatic carbocycles. The molecule has 0 saturated carbocycles. The number of nitrogens with zero attached hydrogens (tertiary/aromatic N) is 4. The largest absolute Gasteiger partial charge is 0.477 e. The van der Waals surface area contributed by atoms with E-state index in [1.54, 1.807) is 0 Å². The van der Waals surface area contributed by atoms with Crippen LogP contribution in [0.4, 0.5) is 14.7 Å². The topological polar surface area (TPSA) is 92.9 Å². The Balaban J connectivity index is 2.11. The van der Waals surface area contributed by atoms with Crippen LogP contribution in [-0.2, 0) is 4.79 Å². The number of carboxylic acids is 1. The maximum absolute atomic E-state index is 13.3. The Morgan fingerprint density at radius 1 is 1.35 bits per heavy atom. The number of tetrazole rings is 1. The Morgan fingerprint density at radius 3 is 2.85 bits per heavy atom. The maximum Gasteiger partial charge on any atom is 0.352 e. The fraction of sp³-hybridized carbons (Fsp3) is 0.0909. The number of halogens is 2. The highest BCUT2D eigenvalue weighted by molar-refractivity contribution is 5.90. The van der Waals surface area contributed by atoms with Crippen molar-refractivity contribution in [1.82, 2.24) is 20.2 Å². The second-order valence-corrected chi connectivity index (χ2v) is 4.08. The summed E-state index contributed by atoms with van der Waals surface area (Å²) >= 11 is 0. The summed E-state index contributed by atoms with van der Waals surface area (Å²) in [4.78, 5) is 11.0. The van der Waals surface area contributed by atoms with Crippen molar-refractivity contribution in [3.8, 4) is 0 Å². The lowest BCUT2D eigenvalue weighted by atomic mass is 10.0. The Morgan fingerprint density at radius 2 is 2.15 bits per heavy atom. The number of nitrogens with one attached hydrogen (secondary N) is 1. The number of carbonyl (C=O) groups is 1. The lowest BCUT2D eigenvalue weighted by molar-refractivity contribution is -0.132.